The van der Waals surface area contributed by atoms with Gasteiger partial charge < -0.3 is 9.15 Å². The van der Waals surface area contributed by atoms with Crippen LogP contribution in [0.4, 0.5) is 5.69 Å². The van der Waals surface area contributed by atoms with E-state index in [2.05, 4.69) is 31.3 Å². The summed E-state index contributed by atoms with van der Waals surface area (Å²) < 4.78 is 11.3. The molecule has 8 nitrogen and oxygen atoms in total. The van der Waals surface area contributed by atoms with E-state index in [1.54, 1.807) is 12.1 Å². The number of nitrogens with zero attached hydrogens (tertiary/aromatic N) is 2. The average molecular weight is 456 g/mol. The molecule has 0 saturated heterocycles. The van der Waals surface area contributed by atoms with Crippen molar-refractivity contribution in [1.29, 1.82) is 0 Å². The fourth-order valence-corrected chi connectivity index (χ4v) is 3.15. The van der Waals surface area contributed by atoms with Crippen LogP contribution >= 0.6 is 11.6 Å². The first-order valence-electron chi connectivity index (χ1n) is 9.73. The fraction of sp³-hybridized carbons (Fsp3) is 0.217. The highest BCUT2D eigenvalue weighted by atomic mass is 35.5. The van der Waals surface area contributed by atoms with Gasteiger partial charge in [0.25, 0.3) is 11.6 Å². The number of hydrogen-bond acceptors (Lipinski definition) is 6. The van der Waals surface area contributed by atoms with Crippen molar-refractivity contribution in [2.45, 2.75) is 26.2 Å². The quantitative estimate of drug-likeness (QED) is 0.294. The number of hydrazone groups is 1. The number of hydrogen-bond donors (Lipinski definition) is 1. The maximum absolute atomic E-state index is 12.1. The molecule has 166 valence electrons. The third-order valence-electron chi connectivity index (χ3n) is 4.49. The van der Waals surface area contributed by atoms with Crippen LogP contribution in [0, 0.1) is 10.1 Å². The minimum absolute atomic E-state index is 0.101. The second-order valence-corrected chi connectivity index (χ2v) is 8.36. The van der Waals surface area contributed by atoms with E-state index in [1.807, 2.05) is 24.3 Å². The molecule has 0 unspecified atom stereocenters. The highest BCUT2D eigenvalue weighted by Crippen LogP contribution is 2.32. The number of rotatable bonds is 7. The third kappa shape index (κ3) is 5.73. The van der Waals surface area contributed by atoms with Gasteiger partial charge in [0.2, 0.25) is 0 Å². The van der Waals surface area contributed by atoms with Gasteiger partial charge >= 0.3 is 0 Å². The number of benzene rings is 2. The Labute approximate surface area is 190 Å². The Morgan fingerprint density at radius 2 is 1.97 bits per heavy atom. The number of halogens is 1. The lowest BCUT2D eigenvalue weighted by molar-refractivity contribution is -0.384. The molecular formula is C23H22ClN3O5. The standard InChI is InChI=1S/C23H22ClN3O5/c1-23(2,3)18-6-4-5-7-21(18)31-14-22(28)26-25-13-16-9-11-20(32-16)17-12-15(27(29)30)8-10-19(17)24/h4-13H,14H2,1-3H3,(H,26,28)/b25-13+. The van der Waals surface area contributed by atoms with Crippen LogP contribution in [0.2, 0.25) is 5.02 Å². The normalized spacial score (nSPS) is 11.5. The maximum atomic E-state index is 12.1. The summed E-state index contributed by atoms with van der Waals surface area (Å²) in [5.74, 6) is 0.887. The van der Waals surface area contributed by atoms with Crippen LogP contribution < -0.4 is 10.2 Å². The van der Waals surface area contributed by atoms with Crippen molar-refractivity contribution in [2.75, 3.05) is 6.61 Å². The van der Waals surface area contributed by atoms with E-state index in [4.69, 9.17) is 20.8 Å². The molecule has 32 heavy (non-hydrogen) atoms. The number of nitro groups is 1. The van der Waals surface area contributed by atoms with Gasteiger partial charge in [-0.2, -0.15) is 5.10 Å². The van der Waals surface area contributed by atoms with Gasteiger partial charge in [-0.3, -0.25) is 14.9 Å². The molecule has 1 heterocycles. The van der Waals surface area contributed by atoms with Crippen LogP contribution in [-0.4, -0.2) is 23.7 Å². The molecule has 0 aliphatic carbocycles. The van der Waals surface area contributed by atoms with Crippen molar-refractivity contribution in [2.24, 2.45) is 5.10 Å². The fourth-order valence-electron chi connectivity index (χ4n) is 2.94. The van der Waals surface area contributed by atoms with Crippen molar-refractivity contribution in [3.05, 3.63) is 81.1 Å². The topological polar surface area (TPSA) is 107 Å². The first kappa shape index (κ1) is 23.0. The number of furan rings is 1. The third-order valence-corrected chi connectivity index (χ3v) is 4.82. The van der Waals surface area contributed by atoms with Gasteiger partial charge in [-0.25, -0.2) is 5.43 Å². The number of nitrogens with one attached hydrogen (secondary N) is 1. The lowest BCUT2D eigenvalue weighted by atomic mass is 9.86. The van der Waals surface area contributed by atoms with Gasteiger partial charge in [0, 0.05) is 17.7 Å². The average Bonchev–Trinajstić information content (AvgIpc) is 3.20. The predicted molar refractivity (Wildman–Crippen MR) is 122 cm³/mol. The molecule has 2 aromatic carbocycles. The van der Waals surface area contributed by atoms with Crippen molar-refractivity contribution in [1.82, 2.24) is 5.43 Å². The summed E-state index contributed by atoms with van der Waals surface area (Å²) in [6.45, 7) is 6.01. The molecule has 0 spiro atoms. The number of nitro benzene ring substituents is 1. The number of ether oxygens (including phenoxy) is 1. The summed E-state index contributed by atoms with van der Waals surface area (Å²) in [7, 11) is 0. The van der Waals surface area contributed by atoms with Gasteiger partial charge in [0.1, 0.15) is 17.3 Å². The lowest BCUT2D eigenvalue weighted by Gasteiger charge is -2.22. The molecule has 0 fully saturated rings. The smallest absolute Gasteiger partial charge is 0.277 e. The van der Waals surface area contributed by atoms with Crippen LogP contribution in [0.15, 0.2) is 64.1 Å². The van der Waals surface area contributed by atoms with E-state index in [0.717, 1.165) is 5.56 Å². The molecule has 0 bridgehead atoms. The van der Waals surface area contributed by atoms with E-state index in [1.165, 1.54) is 24.4 Å². The minimum Gasteiger partial charge on any atom is -0.483 e. The van der Waals surface area contributed by atoms with Gasteiger partial charge in [-0.15, -0.1) is 0 Å². The Morgan fingerprint density at radius 3 is 2.69 bits per heavy atom. The Kier molecular flexibility index (Phi) is 6.95. The zero-order valence-corrected chi connectivity index (χ0v) is 18.6. The Morgan fingerprint density at radius 1 is 1.22 bits per heavy atom. The summed E-state index contributed by atoms with van der Waals surface area (Å²) in [6.07, 6.45) is 1.32. The summed E-state index contributed by atoms with van der Waals surface area (Å²) in [6, 6.07) is 14.9. The Bertz CT molecular complexity index is 1160. The molecule has 1 amide bonds. The van der Waals surface area contributed by atoms with Gasteiger partial charge in [-0.05, 0) is 35.2 Å². The van der Waals surface area contributed by atoms with E-state index < -0.39 is 10.8 Å². The largest absolute Gasteiger partial charge is 0.483 e. The van der Waals surface area contributed by atoms with Crippen molar-refractivity contribution in [3.8, 4) is 17.1 Å². The highest BCUT2D eigenvalue weighted by molar-refractivity contribution is 6.33. The van der Waals surface area contributed by atoms with E-state index in [-0.39, 0.29) is 17.7 Å². The van der Waals surface area contributed by atoms with E-state index >= 15 is 0 Å². The molecular weight excluding hydrogens is 434 g/mol. The monoisotopic (exact) mass is 455 g/mol. The van der Waals surface area contributed by atoms with Crippen LogP contribution in [0.25, 0.3) is 11.3 Å². The molecule has 1 aromatic heterocycles. The first-order chi connectivity index (χ1) is 15.1. The Hall–Kier alpha value is -3.65. The van der Waals surface area contributed by atoms with Crippen molar-refractivity contribution in [3.63, 3.8) is 0 Å². The van der Waals surface area contributed by atoms with Crippen LogP contribution in [-0.2, 0) is 10.2 Å². The molecule has 0 radical (unpaired) electrons. The number of amides is 1. The first-order valence-corrected chi connectivity index (χ1v) is 10.1. The minimum atomic E-state index is -0.511. The molecule has 1 N–H and O–H groups in total. The lowest BCUT2D eigenvalue weighted by Crippen LogP contribution is -2.25. The van der Waals surface area contributed by atoms with Gasteiger partial charge in [0.05, 0.1) is 16.2 Å². The van der Waals surface area contributed by atoms with Crippen LogP contribution in [0.3, 0.4) is 0 Å². The molecule has 3 rings (SSSR count). The SMILES string of the molecule is CC(C)(C)c1ccccc1OCC(=O)N/N=C/c1ccc(-c2cc([N+](=O)[O-])ccc2Cl)o1. The number of para-hydroxylation sites is 1. The van der Waals surface area contributed by atoms with Crippen molar-refractivity contribution < 1.29 is 18.9 Å². The van der Waals surface area contributed by atoms with E-state index in [9.17, 15) is 14.9 Å². The van der Waals surface area contributed by atoms with Crippen LogP contribution in [0.5, 0.6) is 5.75 Å². The molecule has 3 aromatic rings. The molecule has 9 heteroatoms. The van der Waals surface area contributed by atoms with Gasteiger partial charge in [0.15, 0.2) is 6.61 Å². The number of carbonyl (C=O) groups excluding carboxylic acids is 1. The van der Waals surface area contributed by atoms with Gasteiger partial charge in [-0.1, -0.05) is 50.6 Å². The van der Waals surface area contributed by atoms with E-state index in [0.29, 0.717) is 27.9 Å². The zero-order chi connectivity index (χ0) is 23.3. The number of non-ortho nitro benzene ring substituents is 1. The summed E-state index contributed by atoms with van der Waals surface area (Å²) >= 11 is 6.13. The second-order valence-electron chi connectivity index (χ2n) is 7.95. The summed E-state index contributed by atoms with van der Waals surface area (Å²) in [5.41, 5.74) is 3.54. The zero-order valence-electron chi connectivity index (χ0n) is 17.8. The maximum Gasteiger partial charge on any atom is 0.277 e. The van der Waals surface area contributed by atoms with Crippen LogP contribution in [0.1, 0.15) is 32.1 Å². The highest BCUT2D eigenvalue weighted by Gasteiger charge is 2.19. The van der Waals surface area contributed by atoms with Crippen molar-refractivity contribution >= 4 is 29.4 Å². The molecule has 0 aliphatic heterocycles. The summed E-state index contributed by atoms with van der Waals surface area (Å²) in [5, 5.41) is 15.2. The predicted octanol–water partition coefficient (Wildman–Crippen LogP) is 5.33. The number of carbonyl (C=O) groups is 1. The molecule has 0 atom stereocenters. The molecule has 0 saturated carbocycles. The Balaban J connectivity index is 1.60. The molecule has 0 aliphatic rings. The summed E-state index contributed by atoms with van der Waals surface area (Å²) in [4.78, 5) is 22.5. The second kappa shape index (κ2) is 9.65.